The molecule has 2 heterocycles. The van der Waals surface area contributed by atoms with Crippen molar-refractivity contribution in [3.63, 3.8) is 0 Å². The predicted molar refractivity (Wildman–Crippen MR) is 90.3 cm³/mol. The zero-order chi connectivity index (χ0) is 15.4. The van der Waals surface area contributed by atoms with Crippen LogP contribution in [0, 0.1) is 5.41 Å². The fourth-order valence-corrected chi connectivity index (χ4v) is 4.32. The van der Waals surface area contributed by atoms with E-state index in [0.717, 1.165) is 25.0 Å². The van der Waals surface area contributed by atoms with Crippen LogP contribution in [-0.4, -0.2) is 17.2 Å². The molecule has 0 N–H and O–H groups in total. The molecule has 1 aromatic heterocycles. The number of hydrogen-bond donors (Lipinski definition) is 0. The van der Waals surface area contributed by atoms with Gasteiger partial charge in [0.15, 0.2) is 0 Å². The van der Waals surface area contributed by atoms with Crippen molar-refractivity contribution < 1.29 is 4.74 Å². The third-order valence-electron chi connectivity index (χ3n) is 5.40. The Kier molecular flexibility index (Phi) is 2.96. The van der Waals surface area contributed by atoms with Crippen LogP contribution in [-0.2, 0) is 4.74 Å². The Labute approximate surface area is 132 Å². The largest absolute Gasteiger partial charge is 0.375 e. The Morgan fingerprint density at radius 2 is 2.14 bits per heavy atom. The van der Waals surface area contributed by atoms with Gasteiger partial charge in [-0.05, 0) is 74.0 Å². The number of ether oxygens (including phenoxy) is 1. The van der Waals surface area contributed by atoms with Crippen molar-refractivity contribution in [2.45, 2.75) is 45.1 Å². The molecule has 114 valence electrons. The van der Waals surface area contributed by atoms with E-state index < -0.39 is 0 Å². The van der Waals surface area contributed by atoms with Gasteiger partial charge in [-0.15, -0.1) is 0 Å². The summed E-state index contributed by atoms with van der Waals surface area (Å²) in [6, 6.07) is 2.07. The van der Waals surface area contributed by atoms with Gasteiger partial charge in [-0.25, -0.2) is 0 Å². The van der Waals surface area contributed by atoms with Gasteiger partial charge in [0.05, 0.1) is 12.2 Å². The van der Waals surface area contributed by atoms with Crippen molar-refractivity contribution in [1.29, 1.82) is 0 Å². The van der Waals surface area contributed by atoms with E-state index in [-0.39, 0.29) is 5.60 Å². The first-order valence-corrected chi connectivity index (χ1v) is 8.17. The van der Waals surface area contributed by atoms with Crippen LogP contribution in [0.15, 0.2) is 42.8 Å². The van der Waals surface area contributed by atoms with Crippen LogP contribution in [0.1, 0.15) is 50.7 Å². The Hall–Kier alpha value is -1.67. The molecule has 2 heteroatoms. The lowest BCUT2D eigenvalue weighted by atomic mass is 9.70. The van der Waals surface area contributed by atoms with E-state index in [1.54, 1.807) is 0 Å². The molecule has 1 aromatic rings. The number of pyridine rings is 1. The maximum absolute atomic E-state index is 6.00. The van der Waals surface area contributed by atoms with Gasteiger partial charge in [0.1, 0.15) is 0 Å². The number of hydrogen-bond acceptors (Lipinski definition) is 2. The van der Waals surface area contributed by atoms with Crippen LogP contribution in [0.3, 0.4) is 0 Å². The van der Waals surface area contributed by atoms with E-state index in [1.165, 1.54) is 35.1 Å². The Bertz CT molecular complexity index is 710. The van der Waals surface area contributed by atoms with Crippen LogP contribution in [0.5, 0.6) is 0 Å². The summed E-state index contributed by atoms with van der Waals surface area (Å²) in [5.74, 6) is 0. The second-order valence-corrected chi connectivity index (χ2v) is 7.66. The molecule has 3 aliphatic rings. The summed E-state index contributed by atoms with van der Waals surface area (Å²) < 4.78 is 6.00. The normalized spacial score (nSPS) is 29.5. The molecular weight excluding hydrogens is 270 g/mol. The number of aromatic nitrogens is 1. The molecule has 2 nitrogen and oxygen atoms in total. The minimum absolute atomic E-state index is 0.0444. The van der Waals surface area contributed by atoms with E-state index in [9.17, 15) is 0 Å². The lowest BCUT2D eigenvalue weighted by Crippen LogP contribution is -2.25. The van der Waals surface area contributed by atoms with Crippen LogP contribution < -0.4 is 0 Å². The first-order valence-electron chi connectivity index (χ1n) is 8.17. The smallest absolute Gasteiger partial charge is 0.0633 e. The van der Waals surface area contributed by atoms with Gasteiger partial charge in [-0.1, -0.05) is 12.7 Å². The summed E-state index contributed by atoms with van der Waals surface area (Å²) in [4.78, 5) is 4.30. The fraction of sp³-hybridized carbons (Fsp3) is 0.450. The summed E-state index contributed by atoms with van der Waals surface area (Å²) in [6.07, 6.45) is 13.2. The van der Waals surface area contributed by atoms with Crippen molar-refractivity contribution in [3.05, 3.63) is 53.9 Å². The van der Waals surface area contributed by atoms with Crippen molar-refractivity contribution in [1.82, 2.24) is 4.98 Å². The second-order valence-electron chi connectivity index (χ2n) is 7.66. The first-order chi connectivity index (χ1) is 10.5. The zero-order valence-electron chi connectivity index (χ0n) is 13.5. The molecule has 0 radical (unpaired) electrons. The summed E-state index contributed by atoms with van der Waals surface area (Å²) in [6.45, 7) is 9.52. The molecule has 1 spiro atoms. The number of allylic oxidation sites excluding steroid dienone is 5. The Morgan fingerprint density at radius 1 is 1.27 bits per heavy atom. The molecule has 1 atom stereocenters. The van der Waals surface area contributed by atoms with Gasteiger partial charge in [-0.2, -0.15) is 0 Å². The standard InChI is InChI=1S/C20H23NO/c1-14-10-17(18-11-21-9-6-16(14)18)15-4-7-20(8-5-15)12-19(2,3)22-13-20/h4,6,9-11H,1,5,7-8,12-13H2,2-3H3. The molecule has 0 aromatic carbocycles. The molecule has 0 bridgehead atoms. The number of rotatable bonds is 1. The fourth-order valence-electron chi connectivity index (χ4n) is 4.32. The summed E-state index contributed by atoms with van der Waals surface area (Å²) in [7, 11) is 0. The molecule has 2 aliphatic carbocycles. The van der Waals surface area contributed by atoms with Crippen LogP contribution >= 0.6 is 0 Å². The maximum Gasteiger partial charge on any atom is 0.0633 e. The molecule has 1 fully saturated rings. The molecule has 0 amide bonds. The predicted octanol–water partition coefficient (Wildman–Crippen LogP) is 4.79. The lowest BCUT2D eigenvalue weighted by molar-refractivity contribution is 0.0305. The molecule has 4 rings (SSSR count). The van der Waals surface area contributed by atoms with Gasteiger partial charge in [0.2, 0.25) is 0 Å². The molecule has 1 aliphatic heterocycles. The van der Waals surface area contributed by atoms with E-state index in [1.807, 2.05) is 12.4 Å². The zero-order valence-corrected chi connectivity index (χ0v) is 13.5. The molecular formula is C20H23NO. The summed E-state index contributed by atoms with van der Waals surface area (Å²) in [5.41, 5.74) is 6.79. The quantitative estimate of drug-likeness (QED) is 0.743. The van der Waals surface area contributed by atoms with Gasteiger partial charge in [0.25, 0.3) is 0 Å². The van der Waals surface area contributed by atoms with Gasteiger partial charge in [0, 0.05) is 23.4 Å². The molecule has 0 saturated carbocycles. The van der Waals surface area contributed by atoms with Crippen molar-refractivity contribution >= 4 is 11.1 Å². The Morgan fingerprint density at radius 3 is 2.82 bits per heavy atom. The minimum atomic E-state index is 0.0444. The highest BCUT2D eigenvalue weighted by molar-refractivity contribution is 5.99. The maximum atomic E-state index is 6.00. The summed E-state index contributed by atoms with van der Waals surface area (Å²) in [5, 5.41) is 0. The van der Waals surface area contributed by atoms with Gasteiger partial charge in [-0.3, -0.25) is 4.98 Å². The van der Waals surface area contributed by atoms with Crippen LogP contribution in [0.25, 0.3) is 11.1 Å². The topological polar surface area (TPSA) is 22.1 Å². The van der Waals surface area contributed by atoms with Crippen LogP contribution in [0.2, 0.25) is 0 Å². The number of nitrogens with zero attached hydrogens (tertiary/aromatic N) is 1. The lowest BCUT2D eigenvalue weighted by Gasteiger charge is -2.32. The van der Waals surface area contributed by atoms with E-state index >= 15 is 0 Å². The first kappa shape index (κ1) is 14.0. The van der Waals surface area contributed by atoms with Crippen molar-refractivity contribution in [2.24, 2.45) is 5.41 Å². The molecule has 22 heavy (non-hydrogen) atoms. The third kappa shape index (κ3) is 2.17. The minimum Gasteiger partial charge on any atom is -0.375 e. The van der Waals surface area contributed by atoms with Crippen molar-refractivity contribution in [2.75, 3.05) is 6.61 Å². The highest BCUT2D eigenvalue weighted by Crippen LogP contribution is 2.50. The Balaban J connectivity index is 1.61. The van der Waals surface area contributed by atoms with E-state index in [0.29, 0.717) is 5.41 Å². The van der Waals surface area contributed by atoms with E-state index in [2.05, 4.69) is 43.6 Å². The van der Waals surface area contributed by atoms with Crippen molar-refractivity contribution in [3.8, 4) is 0 Å². The second kappa shape index (κ2) is 4.66. The SMILES string of the molecule is C=C1C=C(C2=CCC3(CC2)COC(C)(C)C3)c2cnccc21. The summed E-state index contributed by atoms with van der Waals surface area (Å²) >= 11 is 0. The van der Waals surface area contributed by atoms with Crippen LogP contribution in [0.4, 0.5) is 0 Å². The number of fused-ring (bicyclic) bond motifs is 1. The average Bonchev–Trinajstić information content (AvgIpc) is 2.99. The van der Waals surface area contributed by atoms with Gasteiger partial charge >= 0.3 is 0 Å². The average molecular weight is 293 g/mol. The van der Waals surface area contributed by atoms with E-state index in [4.69, 9.17) is 4.74 Å². The third-order valence-corrected chi connectivity index (χ3v) is 5.40. The highest BCUT2D eigenvalue weighted by Gasteiger charge is 2.44. The molecule has 1 unspecified atom stereocenters. The highest BCUT2D eigenvalue weighted by atomic mass is 16.5. The van der Waals surface area contributed by atoms with Gasteiger partial charge < -0.3 is 4.74 Å². The molecule has 1 saturated heterocycles. The monoisotopic (exact) mass is 293 g/mol.